The van der Waals surface area contributed by atoms with E-state index in [-0.39, 0.29) is 11.0 Å². The van der Waals surface area contributed by atoms with Crippen LogP contribution in [0, 0.1) is 6.92 Å². The van der Waals surface area contributed by atoms with Crippen molar-refractivity contribution in [3.63, 3.8) is 0 Å². The number of halogens is 2. The summed E-state index contributed by atoms with van der Waals surface area (Å²) in [5.74, 6) is -0.528. The zero-order valence-corrected chi connectivity index (χ0v) is 18.8. The molecule has 4 aromatic rings. The van der Waals surface area contributed by atoms with Crippen molar-refractivity contribution < 1.29 is 4.79 Å². The lowest BCUT2D eigenvalue weighted by atomic mass is 10.0. The molecular formula is C26H20Cl2N2O2. The summed E-state index contributed by atoms with van der Waals surface area (Å²) < 4.78 is 1.96. The van der Waals surface area contributed by atoms with Gasteiger partial charge in [-0.05, 0) is 36.8 Å². The van der Waals surface area contributed by atoms with Crippen molar-refractivity contribution in [2.75, 3.05) is 5.32 Å². The summed E-state index contributed by atoms with van der Waals surface area (Å²) in [5, 5.41) is 3.69. The van der Waals surface area contributed by atoms with Crippen LogP contribution in [0.15, 0.2) is 89.7 Å². The van der Waals surface area contributed by atoms with Crippen molar-refractivity contribution in [3.05, 3.63) is 122 Å². The molecule has 160 valence electrons. The monoisotopic (exact) mass is 462 g/mol. The molecule has 0 aliphatic carbocycles. The number of hydrogen-bond donors (Lipinski definition) is 1. The SMILES string of the molecule is Cc1cc(=O)c(C(=O)Nc2ccccc2Cl)c(-c2cccc(Cl)c2)n1Cc1ccccc1. The lowest BCUT2D eigenvalue weighted by Gasteiger charge is -2.21. The topological polar surface area (TPSA) is 51.1 Å². The molecule has 1 heterocycles. The zero-order chi connectivity index (χ0) is 22.7. The van der Waals surface area contributed by atoms with Crippen LogP contribution in [0.4, 0.5) is 5.69 Å². The zero-order valence-electron chi connectivity index (χ0n) is 17.3. The number of nitrogens with one attached hydrogen (secondary N) is 1. The van der Waals surface area contributed by atoms with Crippen LogP contribution >= 0.6 is 23.2 Å². The molecule has 0 aliphatic rings. The second-order valence-corrected chi connectivity index (χ2v) is 8.23. The Kier molecular flexibility index (Phi) is 6.45. The van der Waals surface area contributed by atoms with Gasteiger partial charge in [-0.25, -0.2) is 0 Å². The van der Waals surface area contributed by atoms with Crippen molar-refractivity contribution in [2.24, 2.45) is 0 Å². The minimum Gasteiger partial charge on any atom is -0.340 e. The van der Waals surface area contributed by atoms with Gasteiger partial charge < -0.3 is 9.88 Å². The number of carbonyl (C=O) groups is 1. The van der Waals surface area contributed by atoms with Gasteiger partial charge in [0.15, 0.2) is 5.43 Å². The quantitative estimate of drug-likeness (QED) is 0.371. The van der Waals surface area contributed by atoms with E-state index in [0.717, 1.165) is 11.3 Å². The van der Waals surface area contributed by atoms with Gasteiger partial charge in [0.2, 0.25) is 0 Å². The fraction of sp³-hybridized carbons (Fsp3) is 0.0769. The Morgan fingerprint density at radius 3 is 2.34 bits per heavy atom. The first kappa shape index (κ1) is 21.9. The molecule has 4 nitrogen and oxygen atoms in total. The molecule has 0 fully saturated rings. The first-order valence-corrected chi connectivity index (χ1v) is 10.8. The van der Waals surface area contributed by atoms with Crippen LogP contribution in [0.3, 0.4) is 0 Å². The summed E-state index contributed by atoms with van der Waals surface area (Å²) in [5.41, 5.74) is 3.07. The van der Waals surface area contributed by atoms with Gasteiger partial charge in [-0.3, -0.25) is 9.59 Å². The average Bonchev–Trinajstić information content (AvgIpc) is 2.77. The molecular weight excluding hydrogens is 443 g/mol. The van der Waals surface area contributed by atoms with E-state index in [0.29, 0.717) is 33.5 Å². The molecule has 32 heavy (non-hydrogen) atoms. The summed E-state index contributed by atoms with van der Waals surface area (Å²) in [7, 11) is 0. The lowest BCUT2D eigenvalue weighted by Crippen LogP contribution is -2.27. The molecule has 4 rings (SSSR count). The third-order valence-electron chi connectivity index (χ3n) is 5.15. The van der Waals surface area contributed by atoms with Gasteiger partial charge in [0.25, 0.3) is 5.91 Å². The Bertz CT molecular complexity index is 1350. The van der Waals surface area contributed by atoms with E-state index >= 15 is 0 Å². The third-order valence-corrected chi connectivity index (χ3v) is 5.71. The number of hydrogen-bond acceptors (Lipinski definition) is 2. The normalized spacial score (nSPS) is 10.7. The molecule has 1 aromatic heterocycles. The number of aryl methyl sites for hydroxylation is 1. The summed E-state index contributed by atoms with van der Waals surface area (Å²) >= 11 is 12.5. The highest BCUT2D eigenvalue weighted by Gasteiger charge is 2.22. The maximum absolute atomic E-state index is 13.4. The fourth-order valence-corrected chi connectivity index (χ4v) is 4.01. The van der Waals surface area contributed by atoms with E-state index in [1.807, 2.05) is 47.9 Å². The van der Waals surface area contributed by atoms with E-state index in [4.69, 9.17) is 23.2 Å². The number of nitrogens with zero attached hydrogens (tertiary/aromatic N) is 1. The molecule has 0 saturated heterocycles. The average molecular weight is 463 g/mol. The van der Waals surface area contributed by atoms with Crippen molar-refractivity contribution in [1.29, 1.82) is 0 Å². The Morgan fingerprint density at radius 2 is 1.62 bits per heavy atom. The number of anilines is 1. The number of carbonyl (C=O) groups excluding carboxylic acids is 1. The number of benzene rings is 3. The van der Waals surface area contributed by atoms with Crippen molar-refractivity contribution in [1.82, 2.24) is 4.57 Å². The molecule has 1 amide bonds. The highest BCUT2D eigenvalue weighted by molar-refractivity contribution is 6.34. The van der Waals surface area contributed by atoms with E-state index in [9.17, 15) is 9.59 Å². The Labute approximate surface area is 196 Å². The maximum Gasteiger partial charge on any atom is 0.261 e. The molecule has 3 aromatic carbocycles. The van der Waals surface area contributed by atoms with Crippen LogP contribution in [0.2, 0.25) is 10.0 Å². The smallest absolute Gasteiger partial charge is 0.261 e. The highest BCUT2D eigenvalue weighted by Crippen LogP contribution is 2.28. The Morgan fingerprint density at radius 1 is 0.906 bits per heavy atom. The first-order chi connectivity index (χ1) is 15.4. The number of amides is 1. The van der Waals surface area contributed by atoms with Crippen LogP contribution in [0.5, 0.6) is 0 Å². The van der Waals surface area contributed by atoms with Crippen LogP contribution in [-0.4, -0.2) is 10.5 Å². The minimum atomic E-state index is -0.528. The summed E-state index contributed by atoms with van der Waals surface area (Å²) in [6.45, 7) is 2.34. The molecule has 0 atom stereocenters. The Hall–Kier alpha value is -3.34. The van der Waals surface area contributed by atoms with Crippen LogP contribution < -0.4 is 10.7 Å². The predicted molar refractivity (Wildman–Crippen MR) is 131 cm³/mol. The molecule has 1 N–H and O–H groups in total. The number of aromatic nitrogens is 1. The number of para-hydroxylation sites is 1. The summed E-state index contributed by atoms with van der Waals surface area (Å²) in [4.78, 5) is 26.5. The number of pyridine rings is 1. The van der Waals surface area contributed by atoms with Gasteiger partial charge in [-0.2, -0.15) is 0 Å². The lowest BCUT2D eigenvalue weighted by molar-refractivity contribution is 0.102. The molecule has 0 saturated carbocycles. The second-order valence-electron chi connectivity index (χ2n) is 7.39. The van der Waals surface area contributed by atoms with E-state index in [1.54, 1.807) is 42.5 Å². The first-order valence-electron chi connectivity index (χ1n) is 10.0. The standard InChI is InChI=1S/C26H20Cl2N2O2/c1-17-14-23(31)24(26(32)29-22-13-6-5-12-21(22)28)25(19-10-7-11-20(27)15-19)30(17)16-18-8-3-2-4-9-18/h2-15H,16H2,1H3,(H,29,32). The van der Waals surface area contributed by atoms with E-state index in [2.05, 4.69) is 5.32 Å². The van der Waals surface area contributed by atoms with E-state index in [1.165, 1.54) is 6.07 Å². The number of rotatable bonds is 5. The summed E-state index contributed by atoms with van der Waals surface area (Å²) in [6.07, 6.45) is 0. The van der Waals surface area contributed by atoms with Gasteiger partial charge in [-0.15, -0.1) is 0 Å². The predicted octanol–water partition coefficient (Wildman–Crippen LogP) is 6.43. The van der Waals surface area contributed by atoms with Gasteiger partial charge >= 0.3 is 0 Å². The molecule has 6 heteroatoms. The maximum atomic E-state index is 13.4. The van der Waals surface area contributed by atoms with Crippen molar-refractivity contribution in [2.45, 2.75) is 13.5 Å². The van der Waals surface area contributed by atoms with Gasteiger partial charge in [0, 0.05) is 28.9 Å². The second kappa shape index (κ2) is 9.43. The third kappa shape index (κ3) is 4.62. The van der Waals surface area contributed by atoms with Gasteiger partial charge in [0.05, 0.1) is 16.4 Å². The highest BCUT2D eigenvalue weighted by atomic mass is 35.5. The minimum absolute atomic E-state index is 0.0358. The van der Waals surface area contributed by atoms with Gasteiger partial charge in [0.1, 0.15) is 5.56 Å². The largest absolute Gasteiger partial charge is 0.340 e. The van der Waals surface area contributed by atoms with Crippen LogP contribution in [0.1, 0.15) is 21.6 Å². The molecule has 0 radical (unpaired) electrons. The molecule has 0 aliphatic heterocycles. The van der Waals surface area contributed by atoms with Crippen molar-refractivity contribution >= 4 is 34.8 Å². The van der Waals surface area contributed by atoms with Crippen LogP contribution in [-0.2, 0) is 6.54 Å². The van der Waals surface area contributed by atoms with Crippen molar-refractivity contribution in [3.8, 4) is 11.3 Å². The molecule has 0 bridgehead atoms. The van der Waals surface area contributed by atoms with Gasteiger partial charge in [-0.1, -0.05) is 77.8 Å². The van der Waals surface area contributed by atoms with Crippen LogP contribution in [0.25, 0.3) is 11.3 Å². The summed E-state index contributed by atoms with van der Waals surface area (Å²) in [6, 6.07) is 25.4. The molecule has 0 unspecified atom stereocenters. The molecule has 0 spiro atoms. The Balaban J connectivity index is 1.92. The fourth-order valence-electron chi connectivity index (χ4n) is 3.64. The van der Waals surface area contributed by atoms with E-state index < -0.39 is 5.91 Å².